The molecule has 1 fully saturated rings. The van der Waals surface area contributed by atoms with E-state index in [9.17, 15) is 14.7 Å². The largest absolute Gasteiger partial charge is 0.507 e. The minimum absolute atomic E-state index is 0.0719. The Labute approximate surface area is 153 Å². The van der Waals surface area contributed by atoms with Gasteiger partial charge in [-0.05, 0) is 5.56 Å². The lowest BCUT2D eigenvalue weighted by atomic mass is 9.95. The molecular weight excluding hydrogens is 348 g/mol. The summed E-state index contributed by atoms with van der Waals surface area (Å²) in [6, 6.07) is 17.2. The highest BCUT2D eigenvalue weighted by molar-refractivity contribution is 7.14. The first-order chi connectivity index (χ1) is 12.7. The molecule has 0 saturated carbocycles. The van der Waals surface area contributed by atoms with E-state index in [2.05, 4.69) is 4.98 Å². The Bertz CT molecular complexity index is 982. The number of carbonyl (C=O) groups excluding carboxylic acids is 2. The van der Waals surface area contributed by atoms with Gasteiger partial charge in [0.25, 0.3) is 5.78 Å². The van der Waals surface area contributed by atoms with E-state index in [1.54, 1.807) is 35.8 Å². The van der Waals surface area contributed by atoms with Gasteiger partial charge in [0, 0.05) is 17.1 Å². The Morgan fingerprint density at radius 3 is 2.27 bits per heavy atom. The van der Waals surface area contributed by atoms with Crippen LogP contribution in [0.3, 0.4) is 0 Å². The Hall–Kier alpha value is -3.25. The summed E-state index contributed by atoms with van der Waals surface area (Å²) in [4.78, 5) is 31.1. The Kier molecular flexibility index (Phi) is 4.10. The van der Waals surface area contributed by atoms with Crippen molar-refractivity contribution in [2.75, 3.05) is 4.90 Å². The van der Waals surface area contributed by atoms with Crippen LogP contribution in [0.4, 0.5) is 5.13 Å². The van der Waals surface area contributed by atoms with Gasteiger partial charge in [0.15, 0.2) is 5.13 Å². The monoisotopic (exact) mass is 362 g/mol. The summed E-state index contributed by atoms with van der Waals surface area (Å²) in [6.45, 7) is 0. The van der Waals surface area contributed by atoms with Crippen LogP contribution < -0.4 is 4.90 Å². The number of nitrogens with zero attached hydrogens (tertiary/aromatic N) is 2. The van der Waals surface area contributed by atoms with Crippen molar-refractivity contribution in [1.82, 2.24) is 4.98 Å². The van der Waals surface area contributed by atoms with E-state index in [1.807, 2.05) is 36.4 Å². The lowest BCUT2D eigenvalue weighted by molar-refractivity contribution is -0.132. The van der Waals surface area contributed by atoms with Crippen molar-refractivity contribution < 1.29 is 14.7 Å². The molecule has 26 heavy (non-hydrogen) atoms. The molecule has 1 aromatic heterocycles. The molecule has 2 heterocycles. The minimum Gasteiger partial charge on any atom is -0.507 e. The van der Waals surface area contributed by atoms with Crippen LogP contribution in [0.25, 0.3) is 5.76 Å². The fourth-order valence-electron chi connectivity index (χ4n) is 3.07. The van der Waals surface area contributed by atoms with Crippen molar-refractivity contribution in [3.63, 3.8) is 0 Å². The molecule has 3 aromatic rings. The number of aliphatic hydroxyl groups is 1. The average Bonchev–Trinajstić information content (AvgIpc) is 3.30. The maximum atomic E-state index is 12.8. The summed E-state index contributed by atoms with van der Waals surface area (Å²) in [7, 11) is 0. The quantitative estimate of drug-likeness (QED) is 0.437. The summed E-state index contributed by atoms with van der Waals surface area (Å²) in [5.74, 6) is -1.58. The third-order valence-electron chi connectivity index (χ3n) is 4.23. The molecule has 1 unspecified atom stereocenters. The first-order valence-electron chi connectivity index (χ1n) is 7.99. The highest BCUT2D eigenvalue weighted by Crippen LogP contribution is 2.42. The highest BCUT2D eigenvalue weighted by Gasteiger charge is 2.47. The van der Waals surface area contributed by atoms with Crippen LogP contribution in [-0.2, 0) is 9.59 Å². The first kappa shape index (κ1) is 16.2. The SMILES string of the molecule is O=C1C(=O)N(c2nccs2)C(c2ccccc2)/C1=C(\O)c1ccccc1. The van der Waals surface area contributed by atoms with Crippen LogP contribution in [0.1, 0.15) is 17.2 Å². The fraction of sp³-hybridized carbons (Fsp3) is 0.0500. The molecule has 0 spiro atoms. The molecular formula is C20H14N2O3S. The highest BCUT2D eigenvalue weighted by atomic mass is 32.1. The van der Waals surface area contributed by atoms with Gasteiger partial charge in [0.2, 0.25) is 0 Å². The van der Waals surface area contributed by atoms with Gasteiger partial charge in [0.05, 0.1) is 11.6 Å². The van der Waals surface area contributed by atoms with Crippen LogP contribution >= 0.6 is 11.3 Å². The standard InChI is InChI=1S/C20H14N2O3S/c23-17(14-9-5-2-6-10-14)15-16(13-7-3-1-4-8-13)22(19(25)18(15)24)20-21-11-12-26-20/h1-12,16,23H/b17-15+. The zero-order valence-corrected chi connectivity index (χ0v) is 14.4. The molecule has 1 aliphatic heterocycles. The van der Waals surface area contributed by atoms with Gasteiger partial charge in [0.1, 0.15) is 5.76 Å². The van der Waals surface area contributed by atoms with Gasteiger partial charge in [-0.25, -0.2) is 4.98 Å². The minimum atomic E-state index is -0.720. The molecule has 2 aromatic carbocycles. The third-order valence-corrected chi connectivity index (χ3v) is 5.00. The zero-order chi connectivity index (χ0) is 18.1. The molecule has 1 amide bonds. The normalized spacial score (nSPS) is 19.1. The van der Waals surface area contributed by atoms with E-state index in [0.29, 0.717) is 10.7 Å². The average molecular weight is 362 g/mol. The number of aromatic nitrogens is 1. The summed E-state index contributed by atoms with van der Waals surface area (Å²) >= 11 is 1.27. The van der Waals surface area contributed by atoms with Gasteiger partial charge < -0.3 is 5.11 Å². The Morgan fingerprint density at radius 2 is 1.65 bits per heavy atom. The van der Waals surface area contributed by atoms with Gasteiger partial charge in [-0.2, -0.15) is 0 Å². The molecule has 1 aliphatic rings. The second-order valence-electron chi connectivity index (χ2n) is 5.76. The molecule has 128 valence electrons. The Balaban J connectivity index is 1.95. The van der Waals surface area contributed by atoms with Crippen molar-refractivity contribution in [3.8, 4) is 0 Å². The number of carbonyl (C=O) groups is 2. The van der Waals surface area contributed by atoms with E-state index < -0.39 is 17.7 Å². The number of ketones is 1. The predicted molar refractivity (Wildman–Crippen MR) is 99.8 cm³/mol. The zero-order valence-electron chi connectivity index (χ0n) is 13.6. The molecule has 4 rings (SSSR count). The lowest BCUT2D eigenvalue weighted by Crippen LogP contribution is -2.29. The van der Waals surface area contributed by atoms with E-state index >= 15 is 0 Å². The second-order valence-corrected chi connectivity index (χ2v) is 6.63. The summed E-state index contributed by atoms with van der Waals surface area (Å²) in [5.41, 5.74) is 1.30. The molecule has 1 atom stereocenters. The molecule has 5 nitrogen and oxygen atoms in total. The number of hydrogen-bond acceptors (Lipinski definition) is 5. The summed E-state index contributed by atoms with van der Waals surface area (Å²) in [6.07, 6.45) is 1.58. The van der Waals surface area contributed by atoms with E-state index in [0.717, 1.165) is 5.56 Å². The van der Waals surface area contributed by atoms with Crippen LogP contribution in [0.5, 0.6) is 0 Å². The molecule has 1 saturated heterocycles. The maximum Gasteiger partial charge on any atom is 0.301 e. The molecule has 0 bridgehead atoms. The molecule has 0 radical (unpaired) electrons. The molecule has 6 heteroatoms. The van der Waals surface area contributed by atoms with E-state index in [4.69, 9.17) is 0 Å². The van der Waals surface area contributed by atoms with Gasteiger partial charge in [-0.15, -0.1) is 11.3 Å². The van der Waals surface area contributed by atoms with Crippen molar-refractivity contribution in [3.05, 3.63) is 88.9 Å². The van der Waals surface area contributed by atoms with Crippen molar-refractivity contribution in [2.24, 2.45) is 0 Å². The Morgan fingerprint density at radius 1 is 1.00 bits per heavy atom. The van der Waals surface area contributed by atoms with Gasteiger partial charge in [-0.1, -0.05) is 60.7 Å². The van der Waals surface area contributed by atoms with Crippen molar-refractivity contribution in [1.29, 1.82) is 0 Å². The van der Waals surface area contributed by atoms with Crippen LogP contribution in [0.2, 0.25) is 0 Å². The maximum absolute atomic E-state index is 12.8. The van der Waals surface area contributed by atoms with Gasteiger partial charge >= 0.3 is 5.91 Å². The number of rotatable bonds is 3. The number of anilines is 1. The number of Topliss-reactive ketones (excluding diaryl/α,β-unsaturated/α-hetero) is 1. The number of thiazole rings is 1. The van der Waals surface area contributed by atoms with Crippen LogP contribution in [-0.4, -0.2) is 21.8 Å². The number of hydrogen-bond donors (Lipinski definition) is 1. The fourth-order valence-corrected chi connectivity index (χ4v) is 3.73. The van der Waals surface area contributed by atoms with E-state index in [1.165, 1.54) is 16.2 Å². The number of aliphatic hydroxyl groups excluding tert-OH is 1. The third kappa shape index (κ3) is 2.60. The molecule has 1 N–H and O–H groups in total. The van der Waals surface area contributed by atoms with Crippen LogP contribution in [0, 0.1) is 0 Å². The summed E-state index contributed by atoms with van der Waals surface area (Å²) in [5, 5.41) is 13.0. The van der Waals surface area contributed by atoms with Crippen molar-refractivity contribution in [2.45, 2.75) is 6.04 Å². The predicted octanol–water partition coefficient (Wildman–Crippen LogP) is 3.77. The number of amides is 1. The van der Waals surface area contributed by atoms with Crippen LogP contribution in [0.15, 0.2) is 77.8 Å². The topological polar surface area (TPSA) is 70.5 Å². The number of benzene rings is 2. The van der Waals surface area contributed by atoms with Gasteiger partial charge in [-0.3, -0.25) is 14.5 Å². The van der Waals surface area contributed by atoms with Crippen molar-refractivity contribution >= 4 is 33.9 Å². The summed E-state index contributed by atoms with van der Waals surface area (Å²) < 4.78 is 0. The molecule has 0 aliphatic carbocycles. The second kappa shape index (κ2) is 6.57. The lowest BCUT2D eigenvalue weighted by Gasteiger charge is -2.22. The smallest absolute Gasteiger partial charge is 0.301 e. The first-order valence-corrected chi connectivity index (χ1v) is 8.87. The van der Waals surface area contributed by atoms with E-state index in [-0.39, 0.29) is 11.3 Å².